The molecular weight excluding hydrogens is 601 g/mol. The van der Waals surface area contributed by atoms with Crippen LogP contribution in [0, 0.1) is 5.92 Å². The summed E-state index contributed by atoms with van der Waals surface area (Å²) in [5, 5.41) is 0.441. The quantitative estimate of drug-likeness (QED) is 0.205. The number of nitrogens with zero attached hydrogens (tertiary/aromatic N) is 2. The van der Waals surface area contributed by atoms with Gasteiger partial charge in [-0.3, -0.25) is 9.78 Å². The Balaban J connectivity index is 1.65. The topological polar surface area (TPSA) is 95.0 Å². The first-order valence-corrected chi connectivity index (χ1v) is 14.9. The number of pyridine rings is 1. The molecule has 220 valence electrons. The fraction of sp³-hybridized carbons (Fsp3) is 0.357. The van der Waals surface area contributed by atoms with E-state index in [9.17, 15) is 22.0 Å². The molecule has 1 fully saturated rings. The van der Waals surface area contributed by atoms with Gasteiger partial charge in [0.2, 0.25) is 10.0 Å². The number of aromatic nitrogens is 1. The Labute approximate surface area is 247 Å². The zero-order valence-electron chi connectivity index (χ0n) is 22.2. The van der Waals surface area contributed by atoms with Gasteiger partial charge in [-0.1, -0.05) is 47.5 Å². The second-order valence-corrected chi connectivity index (χ2v) is 12.4. The van der Waals surface area contributed by atoms with E-state index in [2.05, 4.69) is 9.72 Å². The highest BCUT2D eigenvalue weighted by Gasteiger charge is 2.33. The molecule has 1 saturated carbocycles. The minimum atomic E-state index is -4.02. The van der Waals surface area contributed by atoms with Crippen LogP contribution in [0.15, 0.2) is 65.8 Å². The lowest BCUT2D eigenvalue weighted by Crippen LogP contribution is -2.41. The molecule has 1 aromatic heterocycles. The molecule has 0 amide bonds. The average molecular weight is 630 g/mol. The Hall–Kier alpha value is -2.99. The van der Waals surface area contributed by atoms with E-state index in [1.54, 1.807) is 18.2 Å². The van der Waals surface area contributed by atoms with Crippen molar-refractivity contribution in [2.24, 2.45) is 5.92 Å². The molecule has 0 spiro atoms. The molecule has 8 nitrogen and oxygen atoms in total. The number of hydrogen-bond donors (Lipinski definition) is 0. The van der Waals surface area contributed by atoms with E-state index in [0.29, 0.717) is 23.7 Å². The number of ether oxygens (including phenoxy) is 3. The maximum atomic E-state index is 13.4. The van der Waals surface area contributed by atoms with Crippen molar-refractivity contribution in [1.82, 2.24) is 9.29 Å². The van der Waals surface area contributed by atoms with Gasteiger partial charge in [-0.2, -0.15) is 13.1 Å². The lowest BCUT2D eigenvalue weighted by atomic mass is 10.0. The minimum absolute atomic E-state index is 0.0149. The first-order valence-electron chi connectivity index (χ1n) is 12.7. The molecule has 1 heterocycles. The van der Waals surface area contributed by atoms with Crippen LogP contribution < -0.4 is 9.47 Å². The third-order valence-electron chi connectivity index (χ3n) is 6.63. The molecule has 4 rings (SSSR count). The van der Waals surface area contributed by atoms with Gasteiger partial charge >= 0.3 is 12.6 Å². The largest absolute Gasteiger partial charge is 0.489 e. The molecule has 1 aliphatic carbocycles. The normalized spacial score (nSPS) is 15.0. The maximum absolute atomic E-state index is 13.4. The summed E-state index contributed by atoms with van der Waals surface area (Å²) in [6.45, 7) is -1.36. The number of likely N-dealkylation sites (N-methyl/N-ethyl adjacent to an activating group) is 1. The van der Waals surface area contributed by atoms with Gasteiger partial charge in [-0.15, -0.1) is 0 Å². The third kappa shape index (κ3) is 7.85. The van der Waals surface area contributed by atoms with E-state index >= 15 is 0 Å². The molecule has 2 aromatic carbocycles. The first-order chi connectivity index (χ1) is 19.5. The van der Waals surface area contributed by atoms with Crippen LogP contribution in [0.2, 0.25) is 10.0 Å². The molecule has 1 aliphatic rings. The Morgan fingerprint density at radius 3 is 2.34 bits per heavy atom. The summed E-state index contributed by atoms with van der Waals surface area (Å²) >= 11 is 12.7. The Kier molecular flexibility index (Phi) is 10.1. The second kappa shape index (κ2) is 13.3. The van der Waals surface area contributed by atoms with Gasteiger partial charge in [0.25, 0.3) is 0 Å². The van der Waals surface area contributed by atoms with Crippen LogP contribution in [0.1, 0.15) is 37.0 Å². The van der Waals surface area contributed by atoms with Gasteiger partial charge < -0.3 is 14.2 Å². The Morgan fingerprint density at radius 2 is 1.73 bits per heavy atom. The first kappa shape index (κ1) is 31.0. The molecule has 0 bridgehead atoms. The number of carbonyl (C=O) groups excluding carboxylic acids is 1. The van der Waals surface area contributed by atoms with Gasteiger partial charge in [0, 0.05) is 25.9 Å². The van der Waals surface area contributed by atoms with E-state index in [4.69, 9.17) is 32.7 Å². The summed E-state index contributed by atoms with van der Waals surface area (Å²) in [7, 11) is -2.74. The highest BCUT2D eigenvalue weighted by atomic mass is 35.5. The molecule has 0 radical (unpaired) electrons. The molecule has 3 aromatic rings. The van der Waals surface area contributed by atoms with Crippen molar-refractivity contribution in [3.63, 3.8) is 0 Å². The van der Waals surface area contributed by atoms with Gasteiger partial charge in [-0.25, -0.2) is 8.42 Å². The standard InChI is InChI=1S/C28H28Cl2F2N2O6S/c1-17(34(2)41(36,37)20-6-4-3-5-7-20)27(35)39-25(13-21-22(29)14-33-15-23(21)30)19-10-11-24(40-28(31)32)26(12-19)38-16-18-8-9-18/h3-7,10-12,14-15,17-18,25,28H,8-9,13,16H2,1-2H3/t17-,25+/m1/s1. The van der Waals surface area contributed by atoms with Crippen molar-refractivity contribution < 1.29 is 36.2 Å². The van der Waals surface area contributed by atoms with Crippen molar-refractivity contribution in [3.8, 4) is 11.5 Å². The van der Waals surface area contributed by atoms with E-state index < -0.39 is 34.7 Å². The molecule has 0 saturated heterocycles. The highest BCUT2D eigenvalue weighted by Crippen LogP contribution is 2.38. The fourth-order valence-electron chi connectivity index (χ4n) is 3.92. The number of halogens is 4. The summed E-state index contributed by atoms with van der Waals surface area (Å²) in [6.07, 6.45) is 3.63. The van der Waals surface area contributed by atoms with E-state index in [1.807, 2.05) is 0 Å². The van der Waals surface area contributed by atoms with E-state index in [1.165, 1.54) is 56.7 Å². The van der Waals surface area contributed by atoms with Crippen LogP contribution in [0.25, 0.3) is 0 Å². The monoisotopic (exact) mass is 628 g/mol. The van der Waals surface area contributed by atoms with Gasteiger partial charge in [0.1, 0.15) is 12.1 Å². The highest BCUT2D eigenvalue weighted by molar-refractivity contribution is 7.89. The summed E-state index contributed by atoms with van der Waals surface area (Å²) in [4.78, 5) is 17.3. The summed E-state index contributed by atoms with van der Waals surface area (Å²) in [5.41, 5.74) is 0.794. The van der Waals surface area contributed by atoms with E-state index in [0.717, 1.165) is 17.1 Å². The van der Waals surface area contributed by atoms with E-state index in [-0.39, 0.29) is 32.9 Å². The molecule has 0 N–H and O–H groups in total. The number of esters is 1. The lowest BCUT2D eigenvalue weighted by Gasteiger charge is -2.26. The van der Waals surface area contributed by atoms with Crippen LogP contribution in [-0.2, 0) is 26.0 Å². The SMILES string of the molecule is C[C@H](C(=O)O[C@@H](Cc1c(Cl)cncc1Cl)c1ccc(OC(F)F)c(OCC2CC2)c1)N(C)S(=O)(=O)c1ccccc1. The van der Waals surface area contributed by atoms with Crippen LogP contribution in [0.5, 0.6) is 11.5 Å². The van der Waals surface area contributed by atoms with Gasteiger partial charge in [-0.05, 0) is 61.1 Å². The minimum Gasteiger partial charge on any atom is -0.489 e. The molecule has 0 unspecified atom stereocenters. The summed E-state index contributed by atoms with van der Waals surface area (Å²) in [5.74, 6) is -0.647. The van der Waals surface area contributed by atoms with Crippen molar-refractivity contribution in [2.75, 3.05) is 13.7 Å². The zero-order chi connectivity index (χ0) is 29.7. The Morgan fingerprint density at radius 1 is 1.07 bits per heavy atom. The number of sulfonamides is 1. The smallest absolute Gasteiger partial charge is 0.387 e. The molecule has 13 heteroatoms. The van der Waals surface area contributed by atoms with Crippen molar-refractivity contribution in [3.05, 3.63) is 82.1 Å². The lowest BCUT2D eigenvalue weighted by molar-refractivity contribution is -0.153. The average Bonchev–Trinajstić information content (AvgIpc) is 3.78. The number of hydrogen-bond acceptors (Lipinski definition) is 7. The summed E-state index contributed by atoms with van der Waals surface area (Å²) < 4.78 is 69.5. The van der Waals surface area contributed by atoms with Crippen molar-refractivity contribution in [1.29, 1.82) is 0 Å². The number of carbonyl (C=O) groups is 1. The Bertz CT molecular complexity index is 1460. The second-order valence-electron chi connectivity index (χ2n) is 9.56. The summed E-state index contributed by atoms with van der Waals surface area (Å²) in [6, 6.07) is 10.7. The number of benzene rings is 2. The van der Waals surface area contributed by atoms with Crippen LogP contribution >= 0.6 is 23.2 Å². The van der Waals surface area contributed by atoms with Crippen LogP contribution in [0.4, 0.5) is 8.78 Å². The van der Waals surface area contributed by atoms with Crippen LogP contribution in [-0.4, -0.2) is 50.0 Å². The fourth-order valence-corrected chi connectivity index (χ4v) is 5.78. The van der Waals surface area contributed by atoms with Crippen LogP contribution in [0.3, 0.4) is 0 Å². The third-order valence-corrected chi connectivity index (χ3v) is 9.23. The maximum Gasteiger partial charge on any atom is 0.387 e. The molecule has 41 heavy (non-hydrogen) atoms. The zero-order valence-corrected chi connectivity index (χ0v) is 24.5. The predicted molar refractivity (Wildman–Crippen MR) is 149 cm³/mol. The van der Waals surface area contributed by atoms with Crippen molar-refractivity contribution >= 4 is 39.2 Å². The molecular formula is C28H28Cl2F2N2O6S. The predicted octanol–water partition coefficient (Wildman–Crippen LogP) is 6.31. The number of rotatable bonds is 13. The number of alkyl halides is 2. The molecule has 2 atom stereocenters. The van der Waals surface area contributed by atoms with Crippen molar-refractivity contribution in [2.45, 2.75) is 49.8 Å². The van der Waals surface area contributed by atoms with Gasteiger partial charge in [0.05, 0.1) is 21.5 Å². The van der Waals surface area contributed by atoms with Gasteiger partial charge in [0.15, 0.2) is 11.5 Å². The molecule has 0 aliphatic heterocycles.